The van der Waals surface area contributed by atoms with Crippen molar-refractivity contribution < 1.29 is 18.9 Å². The molecule has 0 saturated heterocycles. The lowest BCUT2D eigenvalue weighted by molar-refractivity contribution is 0.314. The number of benzene rings is 2. The van der Waals surface area contributed by atoms with Gasteiger partial charge in [-0.3, -0.25) is 5.43 Å². The lowest BCUT2D eigenvalue weighted by Crippen LogP contribution is -2.03. The fraction of sp³-hybridized carbons (Fsp3) is 0.0556. The second-order valence-corrected chi connectivity index (χ2v) is 5.76. The van der Waals surface area contributed by atoms with E-state index in [-0.39, 0.29) is 34.5 Å². The molecular formula is C18H14FN7O3. The van der Waals surface area contributed by atoms with E-state index in [1.165, 1.54) is 31.5 Å². The summed E-state index contributed by atoms with van der Waals surface area (Å²) >= 11 is 0. The molecule has 0 aliphatic rings. The number of halogens is 1. The number of nitrogens with zero attached hydrogens (tertiary/aromatic N) is 5. The first-order chi connectivity index (χ1) is 14.1. The van der Waals surface area contributed by atoms with Crippen LogP contribution in [0.3, 0.4) is 0 Å². The van der Waals surface area contributed by atoms with Crippen molar-refractivity contribution >= 4 is 34.8 Å². The molecule has 0 radical (unpaired) electrons. The number of hydrogen-bond donors (Lipinski definition) is 3. The monoisotopic (exact) mass is 395 g/mol. The maximum atomic E-state index is 13.1. The summed E-state index contributed by atoms with van der Waals surface area (Å²) in [4.78, 5) is 8.54. The normalized spacial score (nSPS) is 11.1. The minimum Gasteiger partial charge on any atom is -0.507 e. The van der Waals surface area contributed by atoms with E-state index in [0.717, 1.165) is 0 Å². The van der Waals surface area contributed by atoms with E-state index in [0.29, 0.717) is 17.0 Å². The zero-order chi connectivity index (χ0) is 20.2. The van der Waals surface area contributed by atoms with Gasteiger partial charge in [0.15, 0.2) is 11.6 Å². The van der Waals surface area contributed by atoms with Crippen molar-refractivity contribution in [3.63, 3.8) is 0 Å². The van der Waals surface area contributed by atoms with Crippen LogP contribution >= 0.6 is 0 Å². The van der Waals surface area contributed by atoms with Gasteiger partial charge in [0.2, 0.25) is 11.3 Å². The number of methoxy groups -OCH3 is 1. The molecule has 0 fully saturated rings. The van der Waals surface area contributed by atoms with E-state index in [4.69, 9.17) is 4.74 Å². The number of aromatic hydroxyl groups is 1. The average molecular weight is 395 g/mol. The van der Waals surface area contributed by atoms with Crippen LogP contribution in [-0.4, -0.2) is 38.7 Å². The molecule has 0 amide bonds. The predicted molar refractivity (Wildman–Crippen MR) is 103 cm³/mol. The molecule has 0 atom stereocenters. The molecule has 0 aliphatic carbocycles. The van der Waals surface area contributed by atoms with Crippen LogP contribution in [0.2, 0.25) is 0 Å². The Balaban J connectivity index is 1.62. The highest BCUT2D eigenvalue weighted by Crippen LogP contribution is 2.25. The first-order valence-electron chi connectivity index (χ1n) is 8.31. The van der Waals surface area contributed by atoms with Crippen molar-refractivity contribution in [2.24, 2.45) is 5.10 Å². The molecular weight excluding hydrogens is 381 g/mol. The second kappa shape index (κ2) is 7.76. The lowest BCUT2D eigenvalue weighted by atomic mass is 10.2. The van der Waals surface area contributed by atoms with Gasteiger partial charge in [0.25, 0.3) is 0 Å². The highest BCUT2D eigenvalue weighted by molar-refractivity contribution is 5.85. The van der Waals surface area contributed by atoms with Crippen LogP contribution in [0.25, 0.3) is 11.3 Å². The van der Waals surface area contributed by atoms with Crippen LogP contribution in [0.5, 0.6) is 11.5 Å². The quantitative estimate of drug-likeness (QED) is 0.333. The number of fused-ring (bicyclic) bond motifs is 1. The highest BCUT2D eigenvalue weighted by Gasteiger charge is 2.13. The Kier molecular flexibility index (Phi) is 4.84. The molecule has 2 heterocycles. The number of ether oxygens (including phenoxy) is 1. The number of phenols is 1. The maximum absolute atomic E-state index is 13.1. The van der Waals surface area contributed by atoms with Gasteiger partial charge in [-0.05, 0) is 52.8 Å². The molecule has 0 bridgehead atoms. The number of hydrazone groups is 1. The molecule has 0 spiro atoms. The third-order valence-electron chi connectivity index (χ3n) is 3.83. The van der Waals surface area contributed by atoms with Crippen LogP contribution in [0.1, 0.15) is 5.56 Å². The standard InChI is InChI=1S/C18H14FN7O3/c1-28-13-6-7-14(27)10(8-13)9-20-24-16-15(21-12-4-2-11(19)3-5-12)22-17-18(23-16)26-29-25-17/h2-9,27H,1H3,(H,21,22,25)(H,23,24,26)/b20-9+. The predicted octanol–water partition coefficient (Wildman–Crippen LogP) is 3.06. The fourth-order valence-electron chi connectivity index (χ4n) is 2.40. The maximum Gasteiger partial charge on any atom is 0.245 e. The van der Waals surface area contributed by atoms with Gasteiger partial charge >= 0.3 is 0 Å². The van der Waals surface area contributed by atoms with Crippen molar-refractivity contribution in [1.82, 2.24) is 20.3 Å². The number of phenolic OH excluding ortho intramolecular Hbond substituents is 1. The Morgan fingerprint density at radius 3 is 2.52 bits per heavy atom. The topological polar surface area (TPSA) is 131 Å². The van der Waals surface area contributed by atoms with Gasteiger partial charge in [0.05, 0.1) is 13.3 Å². The summed E-state index contributed by atoms with van der Waals surface area (Å²) in [6.07, 6.45) is 1.40. The molecule has 11 heteroatoms. The average Bonchev–Trinajstić information content (AvgIpc) is 3.18. The lowest BCUT2D eigenvalue weighted by Gasteiger charge is -2.09. The largest absolute Gasteiger partial charge is 0.507 e. The number of nitrogens with one attached hydrogen (secondary N) is 2. The number of aromatic nitrogens is 4. The van der Waals surface area contributed by atoms with Gasteiger partial charge in [-0.1, -0.05) is 0 Å². The number of hydrogen-bond acceptors (Lipinski definition) is 10. The van der Waals surface area contributed by atoms with E-state index in [9.17, 15) is 9.50 Å². The van der Waals surface area contributed by atoms with Gasteiger partial charge in [0.1, 0.15) is 17.3 Å². The Morgan fingerprint density at radius 2 is 1.79 bits per heavy atom. The van der Waals surface area contributed by atoms with Crippen LogP contribution in [0.4, 0.5) is 21.7 Å². The van der Waals surface area contributed by atoms with E-state index in [1.54, 1.807) is 24.3 Å². The Bertz CT molecular complexity index is 1180. The third-order valence-corrected chi connectivity index (χ3v) is 3.83. The molecule has 0 unspecified atom stereocenters. The van der Waals surface area contributed by atoms with Crippen molar-refractivity contribution in [2.75, 3.05) is 17.9 Å². The van der Waals surface area contributed by atoms with Gasteiger partial charge in [0, 0.05) is 11.3 Å². The van der Waals surface area contributed by atoms with Crippen molar-refractivity contribution in [3.05, 3.63) is 53.8 Å². The van der Waals surface area contributed by atoms with Gasteiger partial charge in [-0.2, -0.15) is 10.1 Å². The van der Waals surface area contributed by atoms with Crippen molar-refractivity contribution in [2.45, 2.75) is 0 Å². The van der Waals surface area contributed by atoms with Gasteiger partial charge in [-0.15, -0.1) is 0 Å². The van der Waals surface area contributed by atoms with Crippen LogP contribution in [0, 0.1) is 5.82 Å². The van der Waals surface area contributed by atoms with E-state index < -0.39 is 0 Å². The Labute approximate surface area is 163 Å². The molecule has 4 rings (SSSR count). The van der Waals surface area contributed by atoms with Crippen molar-refractivity contribution in [1.29, 1.82) is 0 Å². The molecule has 4 aromatic rings. The van der Waals surface area contributed by atoms with Crippen molar-refractivity contribution in [3.8, 4) is 11.5 Å². The molecule has 3 N–H and O–H groups in total. The molecule has 10 nitrogen and oxygen atoms in total. The first kappa shape index (κ1) is 18.1. The molecule has 0 aliphatic heterocycles. The van der Waals surface area contributed by atoms with Gasteiger partial charge < -0.3 is 15.2 Å². The second-order valence-electron chi connectivity index (χ2n) is 5.76. The number of anilines is 3. The van der Waals surface area contributed by atoms with E-state index in [1.807, 2.05) is 0 Å². The zero-order valence-electron chi connectivity index (χ0n) is 15.0. The molecule has 2 aromatic carbocycles. The summed E-state index contributed by atoms with van der Waals surface area (Å²) in [5.41, 5.74) is 4.11. The van der Waals surface area contributed by atoms with Crippen LogP contribution in [-0.2, 0) is 0 Å². The number of rotatable bonds is 6. The third kappa shape index (κ3) is 4.03. The zero-order valence-corrected chi connectivity index (χ0v) is 15.0. The van der Waals surface area contributed by atoms with Crippen LogP contribution < -0.4 is 15.5 Å². The molecule has 0 saturated carbocycles. The SMILES string of the molecule is COc1ccc(O)c(/C=N/Nc2nc3nonc3nc2Nc2ccc(F)cc2)c1. The molecule has 29 heavy (non-hydrogen) atoms. The summed E-state index contributed by atoms with van der Waals surface area (Å²) in [6.45, 7) is 0. The fourth-order valence-corrected chi connectivity index (χ4v) is 2.40. The smallest absolute Gasteiger partial charge is 0.245 e. The first-order valence-corrected chi connectivity index (χ1v) is 8.31. The highest BCUT2D eigenvalue weighted by atomic mass is 19.1. The summed E-state index contributed by atoms with van der Waals surface area (Å²) in [5, 5.41) is 24.3. The van der Waals surface area contributed by atoms with Crippen LogP contribution in [0.15, 0.2) is 52.2 Å². The minimum atomic E-state index is -0.362. The summed E-state index contributed by atoms with van der Waals surface area (Å²) in [5.74, 6) is 0.725. The summed E-state index contributed by atoms with van der Waals surface area (Å²) < 4.78 is 22.9. The summed E-state index contributed by atoms with van der Waals surface area (Å²) in [7, 11) is 1.52. The minimum absolute atomic E-state index is 0.0308. The van der Waals surface area contributed by atoms with E-state index >= 15 is 0 Å². The summed E-state index contributed by atoms with van der Waals surface area (Å²) in [6, 6.07) is 10.4. The molecule has 146 valence electrons. The molecule has 2 aromatic heterocycles. The van der Waals surface area contributed by atoms with E-state index in [2.05, 4.69) is 40.8 Å². The van der Waals surface area contributed by atoms with Gasteiger partial charge in [-0.25, -0.2) is 14.0 Å². The Morgan fingerprint density at radius 1 is 1.07 bits per heavy atom. The Hall–Kier alpha value is -4.28.